The van der Waals surface area contributed by atoms with Gasteiger partial charge >= 0.3 is 0 Å². The molecule has 4 nitrogen and oxygen atoms in total. The Labute approximate surface area is 106 Å². The van der Waals surface area contributed by atoms with E-state index < -0.39 is 5.60 Å². The van der Waals surface area contributed by atoms with Crippen molar-refractivity contribution in [2.45, 2.75) is 37.7 Å². The van der Waals surface area contributed by atoms with Gasteiger partial charge in [0, 0.05) is 25.2 Å². The molecule has 2 aromatic heterocycles. The van der Waals surface area contributed by atoms with Crippen LogP contribution >= 0.6 is 0 Å². The highest BCUT2D eigenvalue weighted by molar-refractivity contribution is 5.28. The van der Waals surface area contributed by atoms with Crippen molar-refractivity contribution in [3.05, 3.63) is 41.6 Å². The van der Waals surface area contributed by atoms with Gasteiger partial charge in [0.1, 0.15) is 5.76 Å². The molecule has 1 aliphatic carbocycles. The van der Waals surface area contributed by atoms with Gasteiger partial charge < -0.3 is 9.52 Å². The summed E-state index contributed by atoms with van der Waals surface area (Å²) in [5.74, 6) is 0.954. The van der Waals surface area contributed by atoms with Crippen molar-refractivity contribution in [2.75, 3.05) is 0 Å². The lowest BCUT2D eigenvalue weighted by Gasteiger charge is -2.31. The molecule has 2 aromatic rings. The summed E-state index contributed by atoms with van der Waals surface area (Å²) in [5.41, 5.74) is 1.43. The van der Waals surface area contributed by atoms with Gasteiger partial charge in [-0.2, -0.15) is 5.10 Å². The topological polar surface area (TPSA) is 51.2 Å². The van der Waals surface area contributed by atoms with Crippen molar-refractivity contribution >= 4 is 0 Å². The van der Waals surface area contributed by atoms with Crippen LogP contribution in [0.3, 0.4) is 0 Å². The van der Waals surface area contributed by atoms with Crippen molar-refractivity contribution in [1.82, 2.24) is 9.78 Å². The minimum atomic E-state index is -0.726. The molecule has 0 spiro atoms. The van der Waals surface area contributed by atoms with E-state index in [1.165, 1.54) is 5.56 Å². The summed E-state index contributed by atoms with van der Waals surface area (Å²) >= 11 is 0. The first-order chi connectivity index (χ1) is 8.67. The number of nitrogens with zero attached hydrogens (tertiary/aromatic N) is 2. The maximum atomic E-state index is 10.8. The molecule has 0 aromatic carbocycles. The van der Waals surface area contributed by atoms with E-state index >= 15 is 0 Å². The van der Waals surface area contributed by atoms with E-state index in [1.807, 2.05) is 25.5 Å². The summed E-state index contributed by atoms with van der Waals surface area (Å²) in [4.78, 5) is 0. The van der Waals surface area contributed by atoms with Crippen molar-refractivity contribution in [3.8, 4) is 0 Å². The Morgan fingerprint density at radius 3 is 3.22 bits per heavy atom. The minimum Gasteiger partial charge on any atom is -0.469 e. The molecule has 2 heterocycles. The van der Waals surface area contributed by atoms with Crippen LogP contribution in [0.2, 0.25) is 0 Å². The highest BCUT2D eigenvalue weighted by Crippen LogP contribution is 2.39. The van der Waals surface area contributed by atoms with Gasteiger partial charge in [-0.05, 0) is 37.3 Å². The molecular weight excluding hydrogens is 228 g/mol. The van der Waals surface area contributed by atoms with E-state index in [9.17, 15) is 5.11 Å². The summed E-state index contributed by atoms with van der Waals surface area (Å²) in [6, 6.07) is 1.91. The van der Waals surface area contributed by atoms with Crippen LogP contribution in [0.5, 0.6) is 0 Å². The first kappa shape index (κ1) is 11.5. The molecule has 0 saturated carbocycles. The molecule has 0 aliphatic heterocycles. The molecule has 96 valence electrons. The van der Waals surface area contributed by atoms with Crippen LogP contribution in [-0.4, -0.2) is 14.9 Å². The molecule has 1 N–H and O–H groups in total. The third-order valence-corrected chi connectivity index (χ3v) is 3.83. The largest absolute Gasteiger partial charge is 0.469 e. The molecule has 4 heteroatoms. The molecule has 0 fully saturated rings. The molecule has 18 heavy (non-hydrogen) atoms. The van der Waals surface area contributed by atoms with Crippen molar-refractivity contribution < 1.29 is 9.52 Å². The fourth-order valence-electron chi connectivity index (χ4n) is 2.84. The van der Waals surface area contributed by atoms with Gasteiger partial charge in [-0.1, -0.05) is 0 Å². The van der Waals surface area contributed by atoms with E-state index in [2.05, 4.69) is 5.10 Å². The van der Waals surface area contributed by atoms with Crippen LogP contribution in [0.25, 0.3) is 0 Å². The monoisotopic (exact) mass is 246 g/mol. The Hall–Kier alpha value is -1.55. The highest BCUT2D eigenvalue weighted by Gasteiger charge is 2.35. The maximum Gasteiger partial charge on any atom is 0.109 e. The number of aliphatic hydroxyl groups is 1. The maximum absolute atomic E-state index is 10.8. The number of hydrogen-bond donors (Lipinski definition) is 1. The lowest BCUT2D eigenvalue weighted by Crippen LogP contribution is -2.30. The molecule has 0 amide bonds. The Bertz CT molecular complexity index is 543. The zero-order chi connectivity index (χ0) is 12.6. The van der Waals surface area contributed by atoms with Crippen molar-refractivity contribution in [1.29, 1.82) is 0 Å². The molecule has 0 radical (unpaired) electrons. The van der Waals surface area contributed by atoms with Gasteiger partial charge in [0.05, 0.1) is 18.1 Å². The molecule has 1 unspecified atom stereocenters. The zero-order valence-electron chi connectivity index (χ0n) is 10.6. The van der Waals surface area contributed by atoms with E-state index in [0.29, 0.717) is 0 Å². The van der Waals surface area contributed by atoms with Crippen molar-refractivity contribution in [2.24, 2.45) is 7.05 Å². The van der Waals surface area contributed by atoms with Crippen LogP contribution in [0, 0.1) is 0 Å². The van der Waals surface area contributed by atoms with Gasteiger partial charge in [-0.15, -0.1) is 0 Å². The highest BCUT2D eigenvalue weighted by atomic mass is 16.3. The number of fused-ring (bicyclic) bond motifs is 1. The average molecular weight is 246 g/mol. The minimum absolute atomic E-state index is 0.726. The fraction of sp³-hybridized carbons (Fsp3) is 0.500. The summed E-state index contributed by atoms with van der Waals surface area (Å²) < 4.78 is 7.23. The number of rotatable bonds is 3. The summed E-state index contributed by atoms with van der Waals surface area (Å²) in [6.07, 6.45) is 9.87. The second-order valence-electron chi connectivity index (χ2n) is 5.16. The molecule has 1 aliphatic rings. The van der Waals surface area contributed by atoms with Crippen LogP contribution in [0.1, 0.15) is 36.1 Å². The van der Waals surface area contributed by atoms with Crippen molar-refractivity contribution in [3.63, 3.8) is 0 Å². The predicted molar refractivity (Wildman–Crippen MR) is 67.1 cm³/mol. The number of hydrogen-bond acceptors (Lipinski definition) is 3. The summed E-state index contributed by atoms with van der Waals surface area (Å²) in [5, 5.41) is 14.9. The zero-order valence-corrected chi connectivity index (χ0v) is 10.6. The Morgan fingerprint density at radius 1 is 1.56 bits per heavy atom. The van der Waals surface area contributed by atoms with E-state index in [-0.39, 0.29) is 0 Å². The molecule has 0 bridgehead atoms. The van der Waals surface area contributed by atoms with E-state index in [0.717, 1.165) is 43.4 Å². The normalized spacial score (nSPS) is 23.0. The van der Waals surface area contributed by atoms with Crippen LogP contribution in [0.4, 0.5) is 0 Å². The molecule has 0 saturated heterocycles. The van der Waals surface area contributed by atoms with E-state index in [1.54, 1.807) is 10.9 Å². The summed E-state index contributed by atoms with van der Waals surface area (Å²) in [6.45, 7) is 0. The molecule has 3 rings (SSSR count). The van der Waals surface area contributed by atoms with Crippen LogP contribution < -0.4 is 0 Å². The second kappa shape index (κ2) is 4.28. The smallest absolute Gasteiger partial charge is 0.109 e. The SMILES string of the molecule is Cn1cc(CCC2(O)CCCc3occc32)cn1. The van der Waals surface area contributed by atoms with Gasteiger partial charge in [0.25, 0.3) is 0 Å². The fourth-order valence-corrected chi connectivity index (χ4v) is 2.84. The Kier molecular flexibility index (Phi) is 2.74. The van der Waals surface area contributed by atoms with Gasteiger partial charge in [0.15, 0.2) is 0 Å². The summed E-state index contributed by atoms with van der Waals surface area (Å²) in [7, 11) is 1.91. The lowest BCUT2D eigenvalue weighted by molar-refractivity contribution is 0.00824. The number of furan rings is 1. The Morgan fingerprint density at radius 2 is 2.44 bits per heavy atom. The average Bonchev–Trinajstić information content (AvgIpc) is 2.96. The van der Waals surface area contributed by atoms with Gasteiger partial charge in [0.2, 0.25) is 0 Å². The van der Waals surface area contributed by atoms with Crippen LogP contribution in [0.15, 0.2) is 29.1 Å². The quantitative estimate of drug-likeness (QED) is 0.903. The molecular formula is C14H18N2O2. The number of aromatic nitrogens is 2. The van der Waals surface area contributed by atoms with E-state index in [4.69, 9.17) is 4.42 Å². The second-order valence-corrected chi connectivity index (χ2v) is 5.16. The number of aryl methyl sites for hydroxylation is 3. The third kappa shape index (κ3) is 1.97. The van der Waals surface area contributed by atoms with Crippen LogP contribution in [-0.2, 0) is 25.5 Å². The first-order valence-corrected chi connectivity index (χ1v) is 6.44. The standard InChI is InChI=1S/C14H18N2O2/c1-16-10-11(9-15-16)4-7-14(17)6-2-3-13-12(14)5-8-18-13/h5,8-10,17H,2-4,6-7H2,1H3. The lowest BCUT2D eigenvalue weighted by atomic mass is 9.79. The predicted octanol–water partition coefficient (Wildman–Crippen LogP) is 2.17. The Balaban J connectivity index is 1.76. The van der Waals surface area contributed by atoms with Gasteiger partial charge in [-0.3, -0.25) is 4.68 Å². The molecule has 1 atom stereocenters. The third-order valence-electron chi connectivity index (χ3n) is 3.83. The first-order valence-electron chi connectivity index (χ1n) is 6.44. The van der Waals surface area contributed by atoms with Gasteiger partial charge in [-0.25, -0.2) is 0 Å².